The Hall–Kier alpha value is -0.820. The van der Waals surface area contributed by atoms with Crippen LogP contribution in [0.4, 0.5) is 13.2 Å². The lowest BCUT2D eigenvalue weighted by Gasteiger charge is -2.30. The highest BCUT2D eigenvalue weighted by molar-refractivity contribution is 5.78. The minimum atomic E-state index is -4.45. The van der Waals surface area contributed by atoms with Gasteiger partial charge in [-0.05, 0) is 7.05 Å². The molecule has 0 aromatic rings. The number of amides is 1. The Morgan fingerprint density at radius 2 is 2.19 bits per heavy atom. The van der Waals surface area contributed by atoms with E-state index < -0.39 is 18.3 Å². The standard InChI is InChI=1S/C9H15F3N2O2/c1-13-5-7(15)14-4-3-8(6-14,16-2)9(10,11)12/h13H,3-6H2,1-2H3/t8-/m0/s1. The van der Waals surface area contributed by atoms with Crippen LogP contribution in [0, 0.1) is 0 Å². The Labute approximate surface area is 91.7 Å². The summed E-state index contributed by atoms with van der Waals surface area (Å²) >= 11 is 0. The van der Waals surface area contributed by atoms with Crippen molar-refractivity contribution in [2.45, 2.75) is 18.2 Å². The number of halogens is 3. The predicted octanol–water partition coefficient (Wildman–Crippen LogP) is 0.386. The molecule has 94 valence electrons. The van der Waals surface area contributed by atoms with E-state index in [9.17, 15) is 18.0 Å². The van der Waals surface area contributed by atoms with E-state index in [-0.39, 0.29) is 25.4 Å². The predicted molar refractivity (Wildman–Crippen MR) is 50.9 cm³/mol. The number of alkyl halides is 3. The maximum Gasteiger partial charge on any atom is 0.419 e. The fourth-order valence-electron chi connectivity index (χ4n) is 1.77. The van der Waals surface area contributed by atoms with Crippen molar-refractivity contribution >= 4 is 5.91 Å². The minimum absolute atomic E-state index is 0.0393. The molecule has 1 saturated heterocycles. The molecule has 0 aliphatic carbocycles. The van der Waals surface area contributed by atoms with Gasteiger partial charge in [-0.25, -0.2) is 0 Å². The summed E-state index contributed by atoms with van der Waals surface area (Å²) < 4.78 is 42.9. The highest BCUT2D eigenvalue weighted by Crippen LogP contribution is 2.40. The Kier molecular flexibility index (Phi) is 3.80. The molecule has 7 heteroatoms. The third-order valence-electron chi connectivity index (χ3n) is 2.82. The molecule has 1 rings (SSSR count). The molecule has 0 saturated carbocycles. The molecular weight excluding hydrogens is 225 g/mol. The summed E-state index contributed by atoms with van der Waals surface area (Å²) in [6, 6.07) is 0. The average Bonchev–Trinajstić information content (AvgIpc) is 2.62. The monoisotopic (exact) mass is 240 g/mol. The zero-order chi connectivity index (χ0) is 12.4. The van der Waals surface area contributed by atoms with Gasteiger partial charge in [0.15, 0.2) is 5.60 Å². The molecule has 1 atom stereocenters. The summed E-state index contributed by atoms with van der Waals surface area (Å²) in [5.74, 6) is -0.342. The Balaban J connectivity index is 2.72. The van der Waals surface area contributed by atoms with Crippen LogP contribution in [-0.2, 0) is 9.53 Å². The van der Waals surface area contributed by atoms with Crippen molar-refractivity contribution in [2.75, 3.05) is 33.8 Å². The summed E-state index contributed by atoms with van der Waals surface area (Å²) in [7, 11) is 2.60. The van der Waals surface area contributed by atoms with Crippen LogP contribution in [0.2, 0.25) is 0 Å². The summed E-state index contributed by atoms with van der Waals surface area (Å²) in [6.45, 7) is -0.307. The molecule has 1 aliphatic heterocycles. The first-order valence-electron chi connectivity index (χ1n) is 4.90. The number of carbonyl (C=O) groups excluding carboxylic acids is 1. The number of ether oxygens (including phenoxy) is 1. The SMILES string of the molecule is CNCC(=O)N1CC[C@@](OC)(C(F)(F)F)C1. The molecule has 0 aromatic heterocycles. The zero-order valence-electron chi connectivity index (χ0n) is 9.23. The van der Waals surface area contributed by atoms with Gasteiger partial charge in [-0.15, -0.1) is 0 Å². The molecule has 0 radical (unpaired) electrons. The Morgan fingerprint density at radius 3 is 2.56 bits per heavy atom. The lowest BCUT2D eigenvalue weighted by molar-refractivity contribution is -0.263. The number of methoxy groups -OCH3 is 1. The molecule has 0 bridgehead atoms. The number of hydrogen-bond acceptors (Lipinski definition) is 3. The number of nitrogens with one attached hydrogen (secondary N) is 1. The molecule has 1 amide bonds. The number of carbonyl (C=O) groups is 1. The zero-order valence-corrected chi connectivity index (χ0v) is 9.23. The highest BCUT2D eigenvalue weighted by Gasteiger charge is 2.59. The van der Waals surface area contributed by atoms with E-state index in [0.29, 0.717) is 0 Å². The molecule has 0 unspecified atom stereocenters. The van der Waals surface area contributed by atoms with Crippen molar-refractivity contribution in [3.05, 3.63) is 0 Å². The van der Waals surface area contributed by atoms with Crippen LogP contribution in [-0.4, -0.2) is 56.4 Å². The minimum Gasteiger partial charge on any atom is -0.367 e. The topological polar surface area (TPSA) is 41.6 Å². The smallest absolute Gasteiger partial charge is 0.367 e. The van der Waals surface area contributed by atoms with E-state index in [2.05, 4.69) is 10.1 Å². The quantitative estimate of drug-likeness (QED) is 0.775. The van der Waals surface area contributed by atoms with E-state index in [4.69, 9.17) is 0 Å². The maximum atomic E-state index is 12.8. The number of likely N-dealkylation sites (tertiary alicyclic amines) is 1. The molecule has 1 fully saturated rings. The molecule has 1 heterocycles. The summed E-state index contributed by atoms with van der Waals surface area (Å²) in [6.07, 6.45) is -4.65. The van der Waals surface area contributed by atoms with Crippen molar-refractivity contribution < 1.29 is 22.7 Å². The highest BCUT2D eigenvalue weighted by atomic mass is 19.4. The van der Waals surface area contributed by atoms with Crippen LogP contribution >= 0.6 is 0 Å². The molecule has 0 spiro atoms. The molecule has 0 aromatic carbocycles. The van der Waals surface area contributed by atoms with E-state index in [1.54, 1.807) is 7.05 Å². The van der Waals surface area contributed by atoms with Crippen LogP contribution in [0.25, 0.3) is 0 Å². The Bertz CT molecular complexity index is 270. The largest absolute Gasteiger partial charge is 0.419 e. The average molecular weight is 240 g/mol. The van der Waals surface area contributed by atoms with Gasteiger partial charge in [0.1, 0.15) is 0 Å². The first-order chi connectivity index (χ1) is 7.36. The van der Waals surface area contributed by atoms with Gasteiger partial charge in [0, 0.05) is 20.1 Å². The number of hydrogen-bond donors (Lipinski definition) is 1. The van der Waals surface area contributed by atoms with Gasteiger partial charge in [0.25, 0.3) is 0 Å². The normalized spacial score (nSPS) is 26.2. The van der Waals surface area contributed by atoms with E-state index >= 15 is 0 Å². The van der Waals surface area contributed by atoms with Gasteiger partial charge < -0.3 is 15.0 Å². The van der Waals surface area contributed by atoms with Crippen LogP contribution < -0.4 is 5.32 Å². The summed E-state index contributed by atoms with van der Waals surface area (Å²) in [4.78, 5) is 12.6. The number of rotatable bonds is 3. The van der Waals surface area contributed by atoms with Gasteiger partial charge >= 0.3 is 6.18 Å². The first kappa shape index (κ1) is 13.2. The van der Waals surface area contributed by atoms with Gasteiger partial charge in [0.2, 0.25) is 5.91 Å². The van der Waals surface area contributed by atoms with Crippen LogP contribution in [0.15, 0.2) is 0 Å². The third-order valence-corrected chi connectivity index (χ3v) is 2.82. The molecule has 1 N–H and O–H groups in total. The van der Waals surface area contributed by atoms with Crippen molar-refractivity contribution in [1.29, 1.82) is 0 Å². The van der Waals surface area contributed by atoms with E-state index in [1.165, 1.54) is 4.90 Å². The van der Waals surface area contributed by atoms with Crippen molar-refractivity contribution in [1.82, 2.24) is 10.2 Å². The lowest BCUT2D eigenvalue weighted by Crippen LogP contribution is -2.50. The second-order valence-corrected chi connectivity index (χ2v) is 3.79. The van der Waals surface area contributed by atoms with Crippen molar-refractivity contribution in [3.63, 3.8) is 0 Å². The van der Waals surface area contributed by atoms with Crippen molar-refractivity contribution in [2.24, 2.45) is 0 Å². The Morgan fingerprint density at radius 1 is 1.56 bits per heavy atom. The number of likely N-dealkylation sites (N-methyl/N-ethyl adjacent to an activating group) is 1. The van der Waals surface area contributed by atoms with Crippen LogP contribution in [0.5, 0.6) is 0 Å². The first-order valence-corrected chi connectivity index (χ1v) is 4.90. The van der Waals surface area contributed by atoms with Gasteiger partial charge in [0.05, 0.1) is 13.1 Å². The second-order valence-electron chi connectivity index (χ2n) is 3.79. The van der Waals surface area contributed by atoms with Crippen molar-refractivity contribution in [3.8, 4) is 0 Å². The van der Waals surface area contributed by atoms with Crippen LogP contribution in [0.1, 0.15) is 6.42 Å². The third kappa shape index (κ3) is 2.30. The molecule has 4 nitrogen and oxygen atoms in total. The molecule has 1 aliphatic rings. The molecule has 16 heavy (non-hydrogen) atoms. The second kappa shape index (κ2) is 4.58. The van der Waals surface area contributed by atoms with Gasteiger partial charge in [-0.2, -0.15) is 13.2 Å². The number of nitrogens with zero attached hydrogens (tertiary/aromatic N) is 1. The molecular formula is C9H15F3N2O2. The maximum absolute atomic E-state index is 12.8. The van der Waals surface area contributed by atoms with E-state index in [1.807, 2.05) is 0 Å². The lowest BCUT2D eigenvalue weighted by atomic mass is 10.0. The van der Waals surface area contributed by atoms with Crippen LogP contribution in [0.3, 0.4) is 0 Å². The van der Waals surface area contributed by atoms with Gasteiger partial charge in [-0.1, -0.05) is 0 Å². The fourth-order valence-corrected chi connectivity index (χ4v) is 1.77. The summed E-state index contributed by atoms with van der Waals surface area (Å²) in [5, 5.41) is 2.62. The van der Waals surface area contributed by atoms with Gasteiger partial charge in [-0.3, -0.25) is 4.79 Å². The van der Waals surface area contributed by atoms with E-state index in [0.717, 1.165) is 7.11 Å². The fraction of sp³-hybridized carbons (Fsp3) is 0.889. The summed E-state index contributed by atoms with van der Waals surface area (Å²) in [5.41, 5.74) is -2.20.